The number of nitrogens with zero attached hydrogens (tertiary/aromatic N) is 5. The molecule has 0 spiro atoms. The lowest BCUT2D eigenvalue weighted by atomic mass is 10.3. The lowest BCUT2D eigenvalue weighted by Gasteiger charge is -2.14. The zero-order valence-electron chi connectivity index (χ0n) is 12.2. The van der Waals surface area contributed by atoms with Crippen molar-refractivity contribution in [3.05, 3.63) is 24.2 Å². The molecule has 0 N–H and O–H groups in total. The van der Waals surface area contributed by atoms with E-state index < -0.39 is 18.2 Å². The third-order valence-corrected chi connectivity index (χ3v) is 2.71. The molecule has 0 radical (unpaired) electrons. The molecular formula is C13H10F3N5O3. The minimum absolute atomic E-state index is 0.0203. The quantitative estimate of drug-likeness (QED) is 0.841. The third-order valence-electron chi connectivity index (χ3n) is 2.71. The number of halogens is 3. The van der Waals surface area contributed by atoms with Crippen LogP contribution in [0.4, 0.5) is 18.0 Å². The Morgan fingerprint density at radius 2 is 2.21 bits per heavy atom. The SMILES string of the molecule is CN(CCC#N)C(=O)Oc1ccc(-c2noc(C(F)(F)F)n2)nc1. The maximum absolute atomic E-state index is 12.4. The van der Waals surface area contributed by atoms with Crippen LogP contribution in [0.1, 0.15) is 12.3 Å². The largest absolute Gasteiger partial charge is 0.471 e. The average molecular weight is 341 g/mol. The van der Waals surface area contributed by atoms with Crippen LogP contribution >= 0.6 is 0 Å². The van der Waals surface area contributed by atoms with Crippen LogP contribution in [-0.4, -0.2) is 39.7 Å². The average Bonchev–Trinajstić information content (AvgIpc) is 3.03. The predicted octanol–water partition coefficient (Wildman–Crippen LogP) is 2.49. The van der Waals surface area contributed by atoms with Gasteiger partial charge in [0.05, 0.1) is 18.7 Å². The number of aromatic nitrogens is 3. The van der Waals surface area contributed by atoms with E-state index in [1.807, 2.05) is 6.07 Å². The van der Waals surface area contributed by atoms with E-state index in [-0.39, 0.29) is 30.2 Å². The second-order valence-corrected chi connectivity index (χ2v) is 4.50. The number of hydrogen-bond acceptors (Lipinski definition) is 7. The van der Waals surface area contributed by atoms with Gasteiger partial charge in [-0.15, -0.1) is 0 Å². The first kappa shape index (κ1) is 17.2. The summed E-state index contributed by atoms with van der Waals surface area (Å²) in [5.74, 6) is -1.74. The molecule has 0 bridgehead atoms. The van der Waals surface area contributed by atoms with Gasteiger partial charge in [0.15, 0.2) is 5.75 Å². The van der Waals surface area contributed by atoms with E-state index in [1.54, 1.807) is 0 Å². The van der Waals surface area contributed by atoms with Crippen LogP contribution in [0.25, 0.3) is 11.5 Å². The summed E-state index contributed by atoms with van der Waals surface area (Å²) in [6, 6.07) is 4.49. The van der Waals surface area contributed by atoms with Gasteiger partial charge in [-0.2, -0.15) is 23.4 Å². The number of alkyl halides is 3. The molecule has 0 saturated heterocycles. The second kappa shape index (κ2) is 6.95. The summed E-state index contributed by atoms with van der Waals surface area (Å²) in [4.78, 5) is 19.9. The van der Waals surface area contributed by atoms with E-state index in [9.17, 15) is 18.0 Å². The highest BCUT2D eigenvalue weighted by Crippen LogP contribution is 2.29. The monoisotopic (exact) mass is 341 g/mol. The van der Waals surface area contributed by atoms with Gasteiger partial charge >= 0.3 is 18.2 Å². The molecule has 0 aliphatic rings. The fourth-order valence-electron chi connectivity index (χ4n) is 1.50. The number of rotatable bonds is 4. The molecule has 126 valence electrons. The number of nitriles is 1. The molecule has 2 rings (SSSR count). The van der Waals surface area contributed by atoms with Crippen molar-refractivity contribution >= 4 is 6.09 Å². The Balaban J connectivity index is 2.04. The molecule has 2 aromatic heterocycles. The van der Waals surface area contributed by atoms with E-state index >= 15 is 0 Å². The second-order valence-electron chi connectivity index (χ2n) is 4.50. The fraction of sp³-hybridized carbons (Fsp3) is 0.308. The lowest BCUT2D eigenvalue weighted by Crippen LogP contribution is -2.30. The van der Waals surface area contributed by atoms with Crippen molar-refractivity contribution in [2.75, 3.05) is 13.6 Å². The fourth-order valence-corrected chi connectivity index (χ4v) is 1.50. The highest BCUT2D eigenvalue weighted by atomic mass is 19.4. The van der Waals surface area contributed by atoms with Gasteiger partial charge in [0.2, 0.25) is 5.82 Å². The first-order valence-corrected chi connectivity index (χ1v) is 6.48. The van der Waals surface area contributed by atoms with Crippen LogP contribution in [0, 0.1) is 11.3 Å². The number of hydrogen-bond donors (Lipinski definition) is 0. The molecule has 0 aromatic carbocycles. The number of ether oxygens (including phenoxy) is 1. The number of carbonyl (C=O) groups excluding carboxylic acids is 1. The molecule has 0 unspecified atom stereocenters. The van der Waals surface area contributed by atoms with E-state index in [4.69, 9.17) is 10.00 Å². The van der Waals surface area contributed by atoms with Crippen LogP contribution in [0.15, 0.2) is 22.9 Å². The molecule has 11 heteroatoms. The first-order valence-electron chi connectivity index (χ1n) is 6.48. The molecule has 8 nitrogen and oxygen atoms in total. The summed E-state index contributed by atoms with van der Waals surface area (Å²) in [5, 5.41) is 11.6. The van der Waals surface area contributed by atoms with Gasteiger partial charge in [0.25, 0.3) is 0 Å². The first-order chi connectivity index (χ1) is 11.3. The standard InChI is InChI=1S/C13H10F3N5O3/c1-21(6-2-5-17)12(22)23-8-3-4-9(18-7-8)10-19-11(24-20-10)13(14,15)16/h3-4,7H,2,6H2,1H3. The van der Waals surface area contributed by atoms with Crippen molar-refractivity contribution in [1.82, 2.24) is 20.0 Å². The molecule has 2 heterocycles. The normalized spacial score (nSPS) is 11.0. The molecule has 0 saturated carbocycles. The Morgan fingerprint density at radius 1 is 1.46 bits per heavy atom. The van der Waals surface area contributed by atoms with Crippen LogP contribution in [0.3, 0.4) is 0 Å². The van der Waals surface area contributed by atoms with E-state index in [0.717, 1.165) is 6.20 Å². The van der Waals surface area contributed by atoms with Crippen LogP contribution < -0.4 is 4.74 Å². The van der Waals surface area contributed by atoms with Gasteiger partial charge in [-0.1, -0.05) is 5.16 Å². The summed E-state index contributed by atoms with van der Waals surface area (Å²) in [7, 11) is 1.46. The zero-order valence-corrected chi connectivity index (χ0v) is 12.2. The Hall–Kier alpha value is -3.16. The van der Waals surface area contributed by atoms with Gasteiger partial charge in [0.1, 0.15) is 5.69 Å². The Kier molecular flexibility index (Phi) is 4.98. The highest BCUT2D eigenvalue weighted by Gasteiger charge is 2.38. The molecule has 2 aromatic rings. The van der Waals surface area contributed by atoms with Gasteiger partial charge in [0, 0.05) is 13.6 Å². The minimum atomic E-state index is -4.74. The zero-order chi connectivity index (χ0) is 17.7. The third kappa shape index (κ3) is 4.19. The molecular weight excluding hydrogens is 331 g/mol. The van der Waals surface area contributed by atoms with Gasteiger partial charge in [-0.3, -0.25) is 0 Å². The maximum Gasteiger partial charge on any atom is 0.471 e. The number of amides is 1. The predicted molar refractivity (Wildman–Crippen MR) is 71.4 cm³/mol. The Labute approximate surface area is 133 Å². The van der Waals surface area contributed by atoms with Crippen molar-refractivity contribution in [2.24, 2.45) is 0 Å². The maximum atomic E-state index is 12.4. The van der Waals surface area contributed by atoms with Crippen molar-refractivity contribution in [1.29, 1.82) is 5.26 Å². The van der Waals surface area contributed by atoms with E-state index in [0.29, 0.717) is 0 Å². The van der Waals surface area contributed by atoms with Crippen molar-refractivity contribution < 1.29 is 27.2 Å². The molecule has 0 aliphatic carbocycles. The van der Waals surface area contributed by atoms with Crippen LogP contribution in [0.2, 0.25) is 0 Å². The summed E-state index contributed by atoms with van der Waals surface area (Å²) < 4.78 is 46.3. The summed E-state index contributed by atoms with van der Waals surface area (Å²) in [6.07, 6.45) is -4.15. The lowest BCUT2D eigenvalue weighted by molar-refractivity contribution is -0.159. The molecule has 0 aliphatic heterocycles. The summed E-state index contributed by atoms with van der Waals surface area (Å²) in [5.41, 5.74) is 0.0203. The van der Waals surface area contributed by atoms with Crippen molar-refractivity contribution in [2.45, 2.75) is 12.6 Å². The van der Waals surface area contributed by atoms with Crippen LogP contribution in [-0.2, 0) is 6.18 Å². The van der Waals surface area contributed by atoms with Gasteiger partial charge in [-0.05, 0) is 12.1 Å². The Morgan fingerprint density at radius 3 is 2.75 bits per heavy atom. The number of carbonyl (C=O) groups is 1. The smallest absolute Gasteiger partial charge is 0.409 e. The van der Waals surface area contributed by atoms with Crippen molar-refractivity contribution in [3.63, 3.8) is 0 Å². The van der Waals surface area contributed by atoms with Crippen LogP contribution in [0.5, 0.6) is 5.75 Å². The molecule has 24 heavy (non-hydrogen) atoms. The number of pyridine rings is 1. The van der Waals surface area contributed by atoms with E-state index in [1.165, 1.54) is 24.1 Å². The molecule has 0 atom stereocenters. The van der Waals surface area contributed by atoms with Gasteiger partial charge < -0.3 is 14.2 Å². The van der Waals surface area contributed by atoms with Gasteiger partial charge in [-0.25, -0.2) is 9.78 Å². The topological polar surface area (TPSA) is 105 Å². The molecule has 1 amide bonds. The summed E-state index contributed by atoms with van der Waals surface area (Å²) >= 11 is 0. The molecule has 0 fully saturated rings. The highest BCUT2D eigenvalue weighted by molar-refractivity contribution is 5.70. The minimum Gasteiger partial charge on any atom is -0.409 e. The van der Waals surface area contributed by atoms with Crippen molar-refractivity contribution in [3.8, 4) is 23.3 Å². The Bertz CT molecular complexity index is 751. The van der Waals surface area contributed by atoms with E-state index in [2.05, 4.69) is 19.6 Å². The summed E-state index contributed by atoms with van der Waals surface area (Å²) in [6.45, 7) is 0.198.